The van der Waals surface area contributed by atoms with Gasteiger partial charge in [0.25, 0.3) is 11.1 Å². The fourth-order valence-electron chi connectivity index (χ4n) is 2.54. The maximum absolute atomic E-state index is 12.4. The fourth-order valence-corrected chi connectivity index (χ4v) is 4.46. The Bertz CT molecular complexity index is 1130. The van der Waals surface area contributed by atoms with E-state index in [0.717, 1.165) is 10.4 Å². The molecule has 8 nitrogen and oxygen atoms in total. The molecule has 2 N–H and O–H groups in total. The zero-order chi connectivity index (χ0) is 19.7. The molecule has 0 saturated heterocycles. The molecule has 0 aliphatic carbocycles. The smallest absolute Gasteiger partial charge is 0.311 e. The molecule has 3 rings (SSSR count). The van der Waals surface area contributed by atoms with E-state index in [9.17, 15) is 14.4 Å². The van der Waals surface area contributed by atoms with Crippen LogP contribution in [0.4, 0.5) is 0 Å². The van der Waals surface area contributed by atoms with Gasteiger partial charge in [-0.05, 0) is 26.3 Å². The van der Waals surface area contributed by atoms with Crippen LogP contribution in [0.5, 0.6) is 0 Å². The number of methoxy groups -OCH3 is 1. The van der Waals surface area contributed by atoms with Crippen LogP contribution in [0.1, 0.15) is 34.1 Å². The van der Waals surface area contributed by atoms with Crippen molar-refractivity contribution in [2.75, 3.05) is 7.11 Å². The van der Waals surface area contributed by atoms with Gasteiger partial charge in [0.15, 0.2) is 5.16 Å². The third-order valence-corrected chi connectivity index (χ3v) is 6.15. The number of H-pyrrole nitrogens is 2. The Hall–Kier alpha value is -2.46. The quantitative estimate of drug-likeness (QED) is 0.379. The van der Waals surface area contributed by atoms with Crippen LogP contribution in [-0.2, 0) is 16.0 Å². The van der Waals surface area contributed by atoms with Gasteiger partial charge in [0.2, 0.25) is 0 Å². The minimum Gasteiger partial charge on any atom is -0.469 e. The van der Waals surface area contributed by atoms with Crippen molar-refractivity contribution in [3.05, 3.63) is 48.7 Å². The van der Waals surface area contributed by atoms with Crippen LogP contribution in [0.15, 0.2) is 20.8 Å². The second kappa shape index (κ2) is 7.65. The molecule has 3 heterocycles. The van der Waals surface area contributed by atoms with Crippen molar-refractivity contribution >= 4 is 39.3 Å². The van der Waals surface area contributed by atoms with Crippen LogP contribution < -0.4 is 11.1 Å². The lowest BCUT2D eigenvalue weighted by Gasteiger charge is -2.10. The molecule has 0 radical (unpaired) electrons. The molecule has 142 valence electrons. The van der Waals surface area contributed by atoms with Gasteiger partial charge >= 0.3 is 5.97 Å². The van der Waals surface area contributed by atoms with Gasteiger partial charge in [0, 0.05) is 10.9 Å². The highest BCUT2D eigenvalue weighted by Gasteiger charge is 2.17. The summed E-state index contributed by atoms with van der Waals surface area (Å²) in [5.74, 6) is 0.0248. The van der Waals surface area contributed by atoms with E-state index in [-0.39, 0.29) is 22.8 Å². The van der Waals surface area contributed by atoms with Gasteiger partial charge in [-0.15, -0.1) is 11.3 Å². The van der Waals surface area contributed by atoms with Gasteiger partial charge in [0.05, 0.1) is 29.9 Å². The zero-order valence-electron chi connectivity index (χ0n) is 15.2. The van der Waals surface area contributed by atoms with Crippen LogP contribution in [0.3, 0.4) is 0 Å². The minimum absolute atomic E-state index is 0.0862. The van der Waals surface area contributed by atoms with Crippen LogP contribution in [-0.4, -0.2) is 33.0 Å². The molecule has 0 spiro atoms. The van der Waals surface area contributed by atoms with Gasteiger partial charge in [-0.25, -0.2) is 9.97 Å². The molecule has 1 atom stereocenters. The number of thioether (sulfide) groups is 1. The molecule has 0 aliphatic heterocycles. The summed E-state index contributed by atoms with van der Waals surface area (Å²) < 4.78 is 4.60. The molecule has 0 amide bonds. The lowest BCUT2D eigenvalue weighted by Crippen LogP contribution is -2.15. The topological polar surface area (TPSA) is 118 Å². The van der Waals surface area contributed by atoms with Gasteiger partial charge in [-0.1, -0.05) is 11.8 Å². The summed E-state index contributed by atoms with van der Waals surface area (Å²) in [4.78, 5) is 51.7. The number of aromatic nitrogens is 4. The first-order chi connectivity index (χ1) is 12.8. The number of rotatable bonds is 5. The predicted molar refractivity (Wildman–Crippen MR) is 105 cm³/mol. The Labute approximate surface area is 162 Å². The second-order valence-electron chi connectivity index (χ2n) is 5.97. The molecule has 0 fully saturated rings. The number of carbonyl (C=O) groups is 1. The van der Waals surface area contributed by atoms with E-state index in [1.807, 2.05) is 20.8 Å². The summed E-state index contributed by atoms with van der Waals surface area (Å²) in [7, 11) is 1.28. The molecule has 10 heteroatoms. The lowest BCUT2D eigenvalue weighted by molar-refractivity contribution is -0.139. The van der Waals surface area contributed by atoms with Crippen molar-refractivity contribution in [2.45, 2.75) is 37.6 Å². The predicted octanol–water partition coefficient (Wildman–Crippen LogP) is 2.25. The van der Waals surface area contributed by atoms with Crippen molar-refractivity contribution in [3.8, 4) is 0 Å². The number of fused-ring (bicyclic) bond motifs is 1. The van der Waals surface area contributed by atoms with E-state index in [2.05, 4.69) is 24.7 Å². The Morgan fingerprint density at radius 2 is 2.04 bits per heavy atom. The van der Waals surface area contributed by atoms with Crippen LogP contribution in [0.2, 0.25) is 0 Å². The van der Waals surface area contributed by atoms with Crippen LogP contribution in [0.25, 0.3) is 10.2 Å². The molecule has 0 bridgehead atoms. The van der Waals surface area contributed by atoms with Crippen molar-refractivity contribution in [3.63, 3.8) is 0 Å². The summed E-state index contributed by atoms with van der Waals surface area (Å²) in [5.41, 5.74) is 0.726. The maximum Gasteiger partial charge on any atom is 0.311 e. The Kier molecular flexibility index (Phi) is 5.47. The van der Waals surface area contributed by atoms with Crippen molar-refractivity contribution in [1.29, 1.82) is 0 Å². The van der Waals surface area contributed by atoms with Crippen LogP contribution >= 0.6 is 23.1 Å². The molecule has 27 heavy (non-hydrogen) atoms. The first-order valence-corrected chi connectivity index (χ1v) is 9.81. The molecular formula is C17H18N4O4S2. The normalized spacial score (nSPS) is 12.3. The number of nitrogens with zero attached hydrogens (tertiary/aromatic N) is 2. The average Bonchev–Trinajstić information content (AvgIpc) is 2.88. The second-order valence-corrected chi connectivity index (χ2v) is 8.50. The third-order valence-electron chi connectivity index (χ3n) is 4.06. The molecule has 3 aromatic heterocycles. The number of aryl methyl sites for hydroxylation is 2. The number of hydrogen-bond acceptors (Lipinski definition) is 8. The van der Waals surface area contributed by atoms with E-state index in [4.69, 9.17) is 0 Å². The molecule has 0 saturated carbocycles. The first-order valence-electron chi connectivity index (χ1n) is 8.12. The fraction of sp³-hybridized carbons (Fsp3) is 0.353. The summed E-state index contributed by atoms with van der Waals surface area (Å²) in [5, 5.41) is 0.696. The average molecular weight is 406 g/mol. The molecule has 3 aromatic rings. The molecule has 0 aromatic carbocycles. The van der Waals surface area contributed by atoms with Gasteiger partial charge in [-0.2, -0.15) is 0 Å². The minimum atomic E-state index is -0.475. The Balaban J connectivity index is 1.90. The van der Waals surface area contributed by atoms with Crippen molar-refractivity contribution < 1.29 is 9.53 Å². The summed E-state index contributed by atoms with van der Waals surface area (Å²) in [6.07, 6.45) is -0.0862. The Morgan fingerprint density at radius 3 is 2.74 bits per heavy atom. The van der Waals surface area contributed by atoms with E-state index in [1.165, 1.54) is 36.3 Å². The number of hydrogen-bond donors (Lipinski definition) is 2. The maximum atomic E-state index is 12.4. The van der Waals surface area contributed by atoms with Crippen LogP contribution in [0, 0.1) is 13.8 Å². The number of thiophene rings is 1. The van der Waals surface area contributed by atoms with E-state index in [0.29, 0.717) is 26.9 Å². The van der Waals surface area contributed by atoms with Crippen molar-refractivity contribution in [2.24, 2.45) is 0 Å². The monoisotopic (exact) mass is 406 g/mol. The van der Waals surface area contributed by atoms with E-state index in [1.54, 1.807) is 0 Å². The third kappa shape index (κ3) is 4.11. The number of nitrogens with one attached hydrogen (secondary N) is 2. The van der Waals surface area contributed by atoms with Gasteiger partial charge in [0.1, 0.15) is 10.7 Å². The SMILES string of the molecule is COC(=O)Cc1cc(=O)[nH]c(S[C@@H](C)c2nc3sc(C)c(C)c3c(=O)[nH]2)n1. The Morgan fingerprint density at radius 1 is 1.30 bits per heavy atom. The zero-order valence-corrected chi connectivity index (χ0v) is 16.8. The van der Waals surface area contributed by atoms with E-state index < -0.39 is 5.97 Å². The number of aromatic amines is 2. The summed E-state index contributed by atoms with van der Waals surface area (Å²) in [6, 6.07) is 1.26. The van der Waals surface area contributed by atoms with Crippen molar-refractivity contribution in [1.82, 2.24) is 19.9 Å². The number of carbonyl (C=O) groups excluding carboxylic acids is 1. The van der Waals surface area contributed by atoms with Gasteiger partial charge < -0.3 is 14.7 Å². The first kappa shape index (κ1) is 19.3. The summed E-state index contributed by atoms with van der Waals surface area (Å²) in [6.45, 7) is 5.72. The standard InChI is InChI=1S/C17H18N4O4S2/c1-7-8(2)26-16-13(7)15(24)20-14(21-16)9(3)27-17-18-10(5-11(22)19-17)6-12(23)25-4/h5,9H,6H2,1-4H3,(H,18,19,22)(H,20,21,24)/t9-/m0/s1. The highest BCUT2D eigenvalue weighted by Crippen LogP contribution is 2.32. The largest absolute Gasteiger partial charge is 0.469 e. The number of ether oxygens (including phenoxy) is 1. The molecule has 0 aliphatic rings. The summed E-state index contributed by atoms with van der Waals surface area (Å²) >= 11 is 2.72. The highest BCUT2D eigenvalue weighted by molar-refractivity contribution is 7.99. The lowest BCUT2D eigenvalue weighted by atomic mass is 10.2. The molecule has 0 unspecified atom stereocenters. The molecular weight excluding hydrogens is 388 g/mol. The highest BCUT2D eigenvalue weighted by atomic mass is 32.2. The van der Waals surface area contributed by atoms with E-state index >= 15 is 0 Å². The number of esters is 1. The van der Waals surface area contributed by atoms with Gasteiger partial charge in [-0.3, -0.25) is 14.4 Å².